The van der Waals surface area contributed by atoms with Gasteiger partial charge in [0.1, 0.15) is 0 Å². The lowest BCUT2D eigenvalue weighted by Gasteiger charge is -2.48. The van der Waals surface area contributed by atoms with Crippen LogP contribution in [0.5, 0.6) is 0 Å². The molecule has 4 rings (SSSR count). The maximum atomic E-state index is 13.2. The standard InChI is InChI=1S/C19H14Br2N4O4/c20-11-5-1-3-9(7-11)13-19(15(26)24-18(29)25-16(19)27)14(23-17(28)22-13)10-4-2-6-12(21)8-10/h1-8,13-14H,(H2,22,23,28)(H2,24,25,26,27,29)/t13-,14-/m1/s1. The Labute approximate surface area is 182 Å². The van der Waals surface area contributed by atoms with E-state index in [2.05, 4.69) is 53.1 Å². The van der Waals surface area contributed by atoms with Crippen LogP contribution in [0.4, 0.5) is 9.59 Å². The van der Waals surface area contributed by atoms with E-state index in [0.717, 1.165) is 0 Å². The predicted molar refractivity (Wildman–Crippen MR) is 110 cm³/mol. The number of carbonyl (C=O) groups is 4. The fourth-order valence-electron chi connectivity index (χ4n) is 3.83. The van der Waals surface area contributed by atoms with E-state index < -0.39 is 41.4 Å². The van der Waals surface area contributed by atoms with E-state index in [9.17, 15) is 19.2 Å². The summed E-state index contributed by atoms with van der Waals surface area (Å²) in [4.78, 5) is 50.8. The van der Waals surface area contributed by atoms with Gasteiger partial charge in [-0.05, 0) is 35.4 Å². The summed E-state index contributed by atoms with van der Waals surface area (Å²) in [7, 11) is 0. The molecule has 4 N–H and O–H groups in total. The molecule has 29 heavy (non-hydrogen) atoms. The van der Waals surface area contributed by atoms with Crippen LogP contribution in [0.1, 0.15) is 23.2 Å². The molecule has 0 unspecified atom stereocenters. The van der Waals surface area contributed by atoms with Crippen molar-refractivity contribution in [2.75, 3.05) is 0 Å². The summed E-state index contributed by atoms with van der Waals surface area (Å²) >= 11 is 6.75. The van der Waals surface area contributed by atoms with Crippen LogP contribution < -0.4 is 21.3 Å². The molecule has 2 atom stereocenters. The van der Waals surface area contributed by atoms with Crippen LogP contribution in [-0.2, 0) is 9.59 Å². The third kappa shape index (κ3) is 3.22. The minimum absolute atomic E-state index is 0.536. The lowest BCUT2D eigenvalue weighted by molar-refractivity contribution is -0.150. The second-order valence-electron chi connectivity index (χ2n) is 6.70. The van der Waals surface area contributed by atoms with Gasteiger partial charge in [-0.1, -0.05) is 56.1 Å². The average molecular weight is 522 g/mol. The Balaban J connectivity index is 1.96. The molecule has 0 bridgehead atoms. The molecule has 0 aromatic heterocycles. The number of urea groups is 2. The van der Waals surface area contributed by atoms with Crippen LogP contribution in [0.15, 0.2) is 57.5 Å². The van der Waals surface area contributed by atoms with Gasteiger partial charge in [0.25, 0.3) is 0 Å². The van der Waals surface area contributed by atoms with Gasteiger partial charge < -0.3 is 10.6 Å². The van der Waals surface area contributed by atoms with E-state index in [4.69, 9.17) is 0 Å². The van der Waals surface area contributed by atoms with E-state index in [1.165, 1.54) is 0 Å². The molecular weight excluding hydrogens is 508 g/mol. The quantitative estimate of drug-likeness (QED) is 0.454. The number of imide groups is 2. The fourth-order valence-corrected chi connectivity index (χ4v) is 4.67. The maximum absolute atomic E-state index is 13.2. The Morgan fingerprint density at radius 2 is 1.14 bits per heavy atom. The molecule has 148 valence electrons. The first-order valence-electron chi connectivity index (χ1n) is 8.57. The zero-order valence-electron chi connectivity index (χ0n) is 14.7. The number of hydrogen-bond acceptors (Lipinski definition) is 4. The van der Waals surface area contributed by atoms with Crippen LogP contribution in [0.3, 0.4) is 0 Å². The Morgan fingerprint density at radius 1 is 0.690 bits per heavy atom. The number of nitrogens with one attached hydrogen (secondary N) is 4. The van der Waals surface area contributed by atoms with Crippen molar-refractivity contribution in [3.63, 3.8) is 0 Å². The molecule has 2 aliphatic rings. The second kappa shape index (κ2) is 7.27. The third-order valence-corrected chi connectivity index (χ3v) is 6.02. The molecule has 2 saturated heterocycles. The third-order valence-electron chi connectivity index (χ3n) is 5.03. The molecule has 2 aromatic carbocycles. The van der Waals surface area contributed by atoms with Gasteiger partial charge >= 0.3 is 12.1 Å². The first-order valence-corrected chi connectivity index (χ1v) is 10.2. The van der Waals surface area contributed by atoms with Crippen LogP contribution in [0.25, 0.3) is 0 Å². The Bertz CT molecular complexity index is 979. The number of rotatable bonds is 2. The van der Waals surface area contributed by atoms with E-state index in [1.54, 1.807) is 48.5 Å². The Kier molecular flexibility index (Phi) is 4.91. The summed E-state index contributed by atoms with van der Waals surface area (Å²) in [6.45, 7) is 0. The van der Waals surface area contributed by atoms with Gasteiger partial charge in [0, 0.05) is 8.95 Å². The van der Waals surface area contributed by atoms with Crippen LogP contribution in [-0.4, -0.2) is 23.9 Å². The molecule has 8 nitrogen and oxygen atoms in total. The number of benzene rings is 2. The van der Waals surface area contributed by atoms with Gasteiger partial charge in [-0.3, -0.25) is 20.2 Å². The van der Waals surface area contributed by atoms with Gasteiger partial charge in [0.15, 0.2) is 5.41 Å². The lowest BCUT2D eigenvalue weighted by Crippen LogP contribution is -2.73. The van der Waals surface area contributed by atoms with Crippen molar-refractivity contribution in [2.24, 2.45) is 5.41 Å². The van der Waals surface area contributed by atoms with Crippen molar-refractivity contribution in [3.8, 4) is 0 Å². The number of barbiturate groups is 1. The van der Waals surface area contributed by atoms with Gasteiger partial charge in [0.05, 0.1) is 12.1 Å². The highest BCUT2D eigenvalue weighted by molar-refractivity contribution is 9.10. The topological polar surface area (TPSA) is 116 Å². The highest BCUT2D eigenvalue weighted by Gasteiger charge is 2.64. The molecule has 2 fully saturated rings. The SMILES string of the molecule is O=C1NC(=O)C2(C(=O)N1)[C@@H](c1cccc(Br)c1)NC(=O)N[C@@H]2c1cccc(Br)c1. The number of amides is 6. The van der Waals surface area contributed by atoms with E-state index in [0.29, 0.717) is 20.1 Å². The molecule has 6 amide bonds. The van der Waals surface area contributed by atoms with Crippen molar-refractivity contribution in [2.45, 2.75) is 12.1 Å². The molecule has 0 radical (unpaired) electrons. The highest BCUT2D eigenvalue weighted by Crippen LogP contribution is 2.48. The minimum Gasteiger partial charge on any atom is -0.330 e. The van der Waals surface area contributed by atoms with Crippen LogP contribution in [0.2, 0.25) is 0 Å². The molecule has 1 spiro atoms. The van der Waals surface area contributed by atoms with Crippen molar-refractivity contribution >= 4 is 55.7 Å². The summed E-state index contributed by atoms with van der Waals surface area (Å²) in [6, 6.07) is 10.4. The highest BCUT2D eigenvalue weighted by atomic mass is 79.9. The predicted octanol–water partition coefficient (Wildman–Crippen LogP) is 2.66. The average Bonchev–Trinajstić information content (AvgIpc) is 2.66. The molecular formula is C19H14Br2N4O4. The van der Waals surface area contributed by atoms with Gasteiger partial charge in [-0.15, -0.1) is 0 Å². The zero-order valence-corrected chi connectivity index (χ0v) is 17.8. The van der Waals surface area contributed by atoms with Crippen LogP contribution >= 0.6 is 31.9 Å². The van der Waals surface area contributed by atoms with Crippen molar-refractivity contribution in [1.29, 1.82) is 0 Å². The normalized spacial score (nSPS) is 23.1. The van der Waals surface area contributed by atoms with Gasteiger partial charge in [0.2, 0.25) is 11.8 Å². The van der Waals surface area contributed by atoms with E-state index in [1.807, 2.05) is 0 Å². The summed E-state index contributed by atoms with van der Waals surface area (Å²) < 4.78 is 1.43. The van der Waals surface area contributed by atoms with E-state index >= 15 is 0 Å². The monoisotopic (exact) mass is 520 g/mol. The fraction of sp³-hybridized carbons (Fsp3) is 0.158. The maximum Gasteiger partial charge on any atom is 0.328 e. The number of hydrogen-bond donors (Lipinski definition) is 4. The zero-order chi connectivity index (χ0) is 20.8. The summed E-state index contributed by atoms with van der Waals surface area (Å²) in [6.07, 6.45) is 0. The summed E-state index contributed by atoms with van der Waals surface area (Å²) in [5.74, 6) is -1.59. The van der Waals surface area contributed by atoms with Gasteiger partial charge in [-0.25, -0.2) is 9.59 Å². The number of halogens is 2. The lowest BCUT2D eigenvalue weighted by atomic mass is 9.65. The van der Waals surface area contributed by atoms with Gasteiger partial charge in [-0.2, -0.15) is 0 Å². The molecule has 10 heteroatoms. The molecule has 2 aromatic rings. The second-order valence-corrected chi connectivity index (χ2v) is 8.53. The van der Waals surface area contributed by atoms with Crippen LogP contribution in [0, 0.1) is 5.41 Å². The minimum atomic E-state index is -1.84. The van der Waals surface area contributed by atoms with E-state index in [-0.39, 0.29) is 0 Å². The molecule has 0 aliphatic carbocycles. The Morgan fingerprint density at radius 3 is 1.55 bits per heavy atom. The molecule has 2 aliphatic heterocycles. The number of carbonyl (C=O) groups excluding carboxylic acids is 4. The largest absolute Gasteiger partial charge is 0.330 e. The van der Waals surface area contributed by atoms with Crippen molar-refractivity contribution in [1.82, 2.24) is 21.3 Å². The Hall–Kier alpha value is -2.72. The molecule has 0 saturated carbocycles. The smallest absolute Gasteiger partial charge is 0.328 e. The van der Waals surface area contributed by atoms with Crippen molar-refractivity contribution < 1.29 is 19.2 Å². The summed E-state index contributed by atoms with van der Waals surface area (Å²) in [5.41, 5.74) is -0.772. The molecule has 2 heterocycles. The first-order chi connectivity index (χ1) is 13.8. The first kappa shape index (κ1) is 19.6. The van der Waals surface area contributed by atoms with Crippen molar-refractivity contribution in [3.05, 3.63) is 68.6 Å². The summed E-state index contributed by atoms with van der Waals surface area (Å²) in [5, 5.41) is 9.77.